The van der Waals surface area contributed by atoms with Crippen LogP contribution in [0.2, 0.25) is 0 Å². The molecule has 0 radical (unpaired) electrons. The molecule has 0 aliphatic carbocycles. The van der Waals surface area contributed by atoms with Crippen molar-refractivity contribution in [2.75, 3.05) is 4.90 Å². The zero-order valence-corrected chi connectivity index (χ0v) is 31.4. The number of rotatable bonds is 8. The fourth-order valence-corrected chi connectivity index (χ4v) is 7.91. The summed E-state index contributed by atoms with van der Waals surface area (Å²) in [5, 5.41) is 2.42. The van der Waals surface area contributed by atoms with Crippen molar-refractivity contribution in [1.82, 2.24) is 19.5 Å². The number of fused-ring (bicyclic) bond motifs is 5. The van der Waals surface area contributed by atoms with Gasteiger partial charge >= 0.3 is 0 Å². The molecule has 5 nitrogen and oxygen atoms in total. The number of hydrogen-bond donors (Lipinski definition) is 0. The average molecular weight is 732 g/mol. The molecule has 0 atom stereocenters. The summed E-state index contributed by atoms with van der Waals surface area (Å²) in [5.41, 5.74) is 13.9. The zero-order chi connectivity index (χ0) is 38.3. The summed E-state index contributed by atoms with van der Waals surface area (Å²) in [6, 6.07) is 60.1. The van der Waals surface area contributed by atoms with Crippen LogP contribution in [0.25, 0.3) is 78.1 Å². The van der Waals surface area contributed by atoms with E-state index in [9.17, 15) is 0 Å². The molecular weight excluding hydrogens is 695 g/mol. The molecule has 270 valence electrons. The Kier molecular flexibility index (Phi) is 8.46. The van der Waals surface area contributed by atoms with Crippen LogP contribution in [0, 0.1) is 0 Å². The lowest BCUT2D eigenvalue weighted by molar-refractivity contribution is 1.04. The van der Waals surface area contributed by atoms with E-state index >= 15 is 0 Å². The van der Waals surface area contributed by atoms with Crippen LogP contribution in [0.1, 0.15) is 12.7 Å². The maximum Gasteiger partial charge on any atom is 0.164 e. The normalized spacial score (nSPS) is 12.2. The second kappa shape index (κ2) is 14.2. The van der Waals surface area contributed by atoms with Crippen molar-refractivity contribution in [2.45, 2.75) is 6.92 Å². The molecule has 1 aliphatic heterocycles. The summed E-state index contributed by atoms with van der Waals surface area (Å²) >= 11 is 0. The second-order valence-electron chi connectivity index (χ2n) is 14.1. The summed E-state index contributed by atoms with van der Waals surface area (Å²) in [5.74, 6) is 1.71. The summed E-state index contributed by atoms with van der Waals surface area (Å²) in [6.07, 6.45) is 7.83. The Bertz CT molecular complexity index is 3030. The standard InChI is InChI=1S/C52H37N5/c1-3-4-8-18-35(2)50-53-51(38-23-13-7-14-24-38)55-52(54-50)40-25-17-26-42(31-40)56-46-27-15-16-28-47(46)57-45-30-29-39(36-19-9-5-10-20-36)32-43(45)44-33-41(34-48(56)49(44)57)37-21-11-6-12-22-37/h3-34H,2H2,1H3/b4-3-,18-8-. The van der Waals surface area contributed by atoms with Gasteiger partial charge in [0.15, 0.2) is 17.5 Å². The molecule has 0 spiro atoms. The molecule has 7 aromatic carbocycles. The zero-order valence-electron chi connectivity index (χ0n) is 31.4. The van der Waals surface area contributed by atoms with Crippen molar-refractivity contribution >= 4 is 44.4 Å². The van der Waals surface area contributed by atoms with E-state index in [1.165, 1.54) is 27.4 Å². The van der Waals surface area contributed by atoms with E-state index in [1.54, 1.807) is 0 Å². The summed E-state index contributed by atoms with van der Waals surface area (Å²) < 4.78 is 2.44. The lowest BCUT2D eigenvalue weighted by atomic mass is 9.98. The lowest BCUT2D eigenvalue weighted by Crippen LogP contribution is -2.18. The van der Waals surface area contributed by atoms with Crippen LogP contribution in [0.15, 0.2) is 201 Å². The molecule has 0 amide bonds. The second-order valence-corrected chi connectivity index (χ2v) is 14.1. The number of aromatic nitrogens is 4. The first-order chi connectivity index (χ1) is 28.1. The van der Waals surface area contributed by atoms with Gasteiger partial charge < -0.3 is 9.47 Å². The first kappa shape index (κ1) is 33.9. The van der Waals surface area contributed by atoms with Gasteiger partial charge in [-0.15, -0.1) is 0 Å². The van der Waals surface area contributed by atoms with E-state index < -0.39 is 0 Å². The van der Waals surface area contributed by atoms with Crippen molar-refractivity contribution in [3.63, 3.8) is 0 Å². The lowest BCUT2D eigenvalue weighted by Gasteiger charge is -2.33. The first-order valence-electron chi connectivity index (χ1n) is 19.2. The van der Waals surface area contributed by atoms with Gasteiger partial charge in [-0.25, -0.2) is 15.0 Å². The van der Waals surface area contributed by atoms with Gasteiger partial charge in [-0.2, -0.15) is 0 Å². The SMILES string of the molecule is C=C(/C=C\C=C/C)c1nc(-c2ccccc2)nc(-c2cccc(N3c4ccccc4-n4c5ccc(-c6ccccc6)cc5c5cc(-c6ccccc6)cc3c54)c2)n1. The number of hydrogen-bond acceptors (Lipinski definition) is 4. The minimum absolute atomic E-state index is 0.532. The quantitative estimate of drug-likeness (QED) is 0.146. The molecule has 0 N–H and O–H groups in total. The minimum atomic E-state index is 0.532. The highest BCUT2D eigenvalue weighted by molar-refractivity contribution is 6.18. The fourth-order valence-electron chi connectivity index (χ4n) is 7.91. The van der Waals surface area contributed by atoms with Crippen LogP contribution in [0.5, 0.6) is 0 Å². The molecule has 9 aromatic rings. The maximum absolute atomic E-state index is 5.05. The van der Waals surface area contributed by atoms with Crippen molar-refractivity contribution in [2.24, 2.45) is 0 Å². The molecule has 1 aliphatic rings. The Morgan fingerprint density at radius 3 is 1.82 bits per heavy atom. The van der Waals surface area contributed by atoms with Crippen LogP contribution in [0.3, 0.4) is 0 Å². The third-order valence-electron chi connectivity index (χ3n) is 10.6. The number of nitrogens with zero attached hydrogens (tertiary/aromatic N) is 5. The van der Waals surface area contributed by atoms with Gasteiger partial charge in [-0.3, -0.25) is 0 Å². The van der Waals surface area contributed by atoms with E-state index in [0.717, 1.165) is 50.5 Å². The molecule has 57 heavy (non-hydrogen) atoms. The molecule has 0 bridgehead atoms. The Morgan fingerprint density at radius 2 is 1.11 bits per heavy atom. The average Bonchev–Trinajstić information content (AvgIpc) is 3.61. The number of para-hydroxylation sites is 2. The smallest absolute Gasteiger partial charge is 0.164 e. The Labute approximate surface area is 331 Å². The van der Waals surface area contributed by atoms with Gasteiger partial charge in [0, 0.05) is 33.2 Å². The van der Waals surface area contributed by atoms with E-state index in [1.807, 2.05) is 61.6 Å². The highest BCUT2D eigenvalue weighted by atomic mass is 15.2. The van der Waals surface area contributed by atoms with E-state index in [4.69, 9.17) is 15.0 Å². The van der Waals surface area contributed by atoms with Gasteiger partial charge in [0.25, 0.3) is 0 Å². The molecule has 3 heterocycles. The molecule has 0 saturated heterocycles. The minimum Gasteiger partial charge on any atom is -0.306 e. The highest BCUT2D eigenvalue weighted by Gasteiger charge is 2.30. The van der Waals surface area contributed by atoms with E-state index in [0.29, 0.717) is 23.0 Å². The van der Waals surface area contributed by atoms with Gasteiger partial charge in [0.1, 0.15) is 0 Å². The van der Waals surface area contributed by atoms with Crippen LogP contribution in [-0.4, -0.2) is 19.5 Å². The number of allylic oxidation sites excluding steroid dienone is 5. The Morgan fingerprint density at radius 1 is 0.491 bits per heavy atom. The van der Waals surface area contributed by atoms with Crippen LogP contribution < -0.4 is 4.90 Å². The van der Waals surface area contributed by atoms with Gasteiger partial charge in [-0.1, -0.05) is 152 Å². The van der Waals surface area contributed by atoms with Crippen molar-refractivity contribution < 1.29 is 0 Å². The van der Waals surface area contributed by atoms with Crippen LogP contribution in [0.4, 0.5) is 17.1 Å². The van der Waals surface area contributed by atoms with Crippen LogP contribution in [-0.2, 0) is 0 Å². The number of benzene rings is 7. The predicted molar refractivity (Wildman–Crippen MR) is 237 cm³/mol. The Balaban J connectivity index is 1.20. The summed E-state index contributed by atoms with van der Waals surface area (Å²) in [6.45, 7) is 6.30. The van der Waals surface area contributed by atoms with Gasteiger partial charge in [0.05, 0.1) is 28.1 Å². The van der Waals surface area contributed by atoms with Gasteiger partial charge in [0.2, 0.25) is 0 Å². The van der Waals surface area contributed by atoms with Crippen molar-refractivity contribution in [1.29, 1.82) is 0 Å². The molecular formula is C52H37N5. The fraction of sp³-hybridized carbons (Fsp3) is 0.0192. The van der Waals surface area contributed by atoms with Crippen molar-refractivity contribution in [3.05, 3.63) is 207 Å². The maximum atomic E-state index is 5.05. The third-order valence-corrected chi connectivity index (χ3v) is 10.6. The monoisotopic (exact) mass is 731 g/mol. The third kappa shape index (κ3) is 6.03. The molecule has 5 heteroatoms. The van der Waals surface area contributed by atoms with E-state index in [-0.39, 0.29) is 0 Å². The Hall–Kier alpha value is -7.63. The summed E-state index contributed by atoms with van der Waals surface area (Å²) in [4.78, 5) is 17.3. The molecule has 0 fully saturated rings. The van der Waals surface area contributed by atoms with Gasteiger partial charge in [-0.05, 0) is 77.7 Å². The molecule has 10 rings (SSSR count). The first-order valence-corrected chi connectivity index (χ1v) is 19.2. The van der Waals surface area contributed by atoms with E-state index in [2.05, 4.69) is 156 Å². The predicted octanol–water partition coefficient (Wildman–Crippen LogP) is 13.6. The number of anilines is 3. The molecule has 0 saturated carbocycles. The van der Waals surface area contributed by atoms with Crippen LogP contribution >= 0.6 is 0 Å². The summed E-state index contributed by atoms with van der Waals surface area (Å²) in [7, 11) is 0. The highest BCUT2D eigenvalue weighted by Crippen LogP contribution is 2.51. The topological polar surface area (TPSA) is 46.8 Å². The largest absolute Gasteiger partial charge is 0.306 e. The van der Waals surface area contributed by atoms with Crippen molar-refractivity contribution in [3.8, 4) is 50.7 Å². The molecule has 2 aromatic heterocycles. The molecule has 0 unspecified atom stereocenters.